The van der Waals surface area contributed by atoms with Gasteiger partial charge in [0.25, 0.3) is 0 Å². The molecule has 2 N–H and O–H groups in total. The highest BCUT2D eigenvalue weighted by molar-refractivity contribution is 7.89. The van der Waals surface area contributed by atoms with Crippen molar-refractivity contribution in [2.45, 2.75) is 57.6 Å². The molecule has 1 aromatic rings. The van der Waals surface area contributed by atoms with Crippen LogP contribution in [0.5, 0.6) is 0 Å². The Labute approximate surface area is 127 Å². The maximum Gasteiger partial charge on any atom is 0.241 e. The Hall–Kier alpha value is -0.620. The fraction of sp³-hybridized carbons (Fsp3) is 0.571. The second-order valence-electron chi connectivity index (χ2n) is 6.14. The third-order valence-corrected chi connectivity index (χ3v) is 4.58. The minimum absolute atomic E-state index is 0.186. The van der Waals surface area contributed by atoms with E-state index in [9.17, 15) is 8.42 Å². The molecule has 0 atom stereocenters. The van der Waals surface area contributed by atoms with E-state index in [1.165, 1.54) is 6.07 Å². The zero-order chi connectivity index (χ0) is 15.6. The van der Waals surface area contributed by atoms with Crippen molar-refractivity contribution in [1.82, 2.24) is 10.0 Å². The van der Waals surface area contributed by atoms with Gasteiger partial charge in [-0.25, -0.2) is 13.1 Å². The zero-order valence-electron chi connectivity index (χ0n) is 12.6. The van der Waals surface area contributed by atoms with E-state index >= 15 is 0 Å². The number of hydrogen-bond donors (Lipinski definition) is 2. The van der Waals surface area contributed by atoms with Crippen LogP contribution in [0.3, 0.4) is 0 Å². The lowest BCUT2D eigenvalue weighted by molar-refractivity contribution is 0.491. The topological polar surface area (TPSA) is 58.2 Å². The van der Waals surface area contributed by atoms with Gasteiger partial charge < -0.3 is 5.32 Å². The molecule has 0 radical (unpaired) electrons. The molecule has 0 bridgehead atoms. The fourth-order valence-corrected chi connectivity index (χ4v) is 3.37. The van der Waals surface area contributed by atoms with E-state index in [-0.39, 0.29) is 4.90 Å². The maximum atomic E-state index is 12.2. The summed E-state index contributed by atoms with van der Waals surface area (Å²) in [6.07, 6.45) is 0. The largest absolute Gasteiger partial charge is 0.310 e. The van der Waals surface area contributed by atoms with Crippen molar-refractivity contribution in [2.24, 2.45) is 0 Å². The number of rotatable bonds is 5. The van der Waals surface area contributed by atoms with Crippen LogP contribution < -0.4 is 10.0 Å². The fourth-order valence-electron chi connectivity index (χ4n) is 1.61. The van der Waals surface area contributed by atoms with Gasteiger partial charge in [-0.1, -0.05) is 31.5 Å². The van der Waals surface area contributed by atoms with E-state index in [0.717, 1.165) is 5.56 Å². The van der Waals surface area contributed by atoms with E-state index < -0.39 is 15.6 Å². The molecule has 0 heterocycles. The number of nitrogens with one attached hydrogen (secondary N) is 2. The smallest absolute Gasteiger partial charge is 0.241 e. The van der Waals surface area contributed by atoms with Gasteiger partial charge in [0.1, 0.15) is 0 Å². The van der Waals surface area contributed by atoms with Crippen LogP contribution >= 0.6 is 11.6 Å². The summed E-state index contributed by atoms with van der Waals surface area (Å²) in [5, 5.41) is 3.70. The van der Waals surface area contributed by atoms with Crippen LogP contribution in [0.15, 0.2) is 23.1 Å². The van der Waals surface area contributed by atoms with Crippen molar-refractivity contribution < 1.29 is 8.42 Å². The Morgan fingerprint density at radius 3 is 2.30 bits per heavy atom. The second kappa shape index (κ2) is 6.43. The second-order valence-corrected chi connectivity index (χ2v) is 8.23. The van der Waals surface area contributed by atoms with Crippen LogP contribution in [-0.4, -0.2) is 20.0 Å². The molecule has 4 nitrogen and oxygen atoms in total. The molecule has 0 aliphatic rings. The molecular weight excluding hydrogens is 296 g/mol. The third kappa shape index (κ3) is 5.40. The summed E-state index contributed by atoms with van der Waals surface area (Å²) in [5.41, 5.74) is 0.360. The molecule has 0 saturated carbocycles. The Bertz CT molecular complexity index is 563. The van der Waals surface area contributed by atoms with E-state index in [4.69, 9.17) is 11.6 Å². The van der Waals surface area contributed by atoms with Crippen LogP contribution in [0.1, 0.15) is 40.2 Å². The molecule has 114 valence electrons. The van der Waals surface area contributed by atoms with Crippen molar-refractivity contribution in [3.05, 3.63) is 28.8 Å². The first kappa shape index (κ1) is 17.4. The van der Waals surface area contributed by atoms with Gasteiger partial charge in [0.05, 0.1) is 4.90 Å². The minimum Gasteiger partial charge on any atom is -0.310 e. The Balaban J connectivity index is 2.97. The van der Waals surface area contributed by atoms with E-state index in [0.29, 0.717) is 17.6 Å². The summed E-state index contributed by atoms with van der Waals surface area (Å²) in [7, 11) is -3.54. The summed E-state index contributed by atoms with van der Waals surface area (Å²) >= 11 is 6.16. The third-order valence-electron chi connectivity index (χ3n) is 2.48. The van der Waals surface area contributed by atoms with Crippen LogP contribution in [0.25, 0.3) is 0 Å². The highest BCUT2D eigenvalue weighted by Gasteiger charge is 2.22. The first-order valence-electron chi connectivity index (χ1n) is 6.57. The summed E-state index contributed by atoms with van der Waals surface area (Å²) in [6.45, 7) is 10.1. The van der Waals surface area contributed by atoms with Crippen molar-refractivity contribution in [2.75, 3.05) is 0 Å². The molecule has 0 fully saturated rings. The van der Waals surface area contributed by atoms with E-state index in [2.05, 4.69) is 10.0 Å². The lowest BCUT2D eigenvalue weighted by atomic mass is 10.1. The number of hydrogen-bond acceptors (Lipinski definition) is 3. The Morgan fingerprint density at radius 1 is 1.25 bits per heavy atom. The molecule has 0 spiro atoms. The normalized spacial score (nSPS) is 12.9. The quantitative estimate of drug-likeness (QED) is 0.877. The van der Waals surface area contributed by atoms with Gasteiger partial charge in [-0.05, 0) is 38.5 Å². The molecule has 1 rings (SSSR count). The molecule has 1 aromatic carbocycles. The van der Waals surface area contributed by atoms with E-state index in [1.807, 2.05) is 13.8 Å². The summed E-state index contributed by atoms with van der Waals surface area (Å²) in [4.78, 5) is 0.186. The van der Waals surface area contributed by atoms with Crippen LogP contribution in [-0.2, 0) is 16.6 Å². The first-order valence-corrected chi connectivity index (χ1v) is 8.43. The summed E-state index contributed by atoms with van der Waals surface area (Å²) in [6, 6.07) is 5.16. The average Bonchev–Trinajstić information content (AvgIpc) is 2.23. The van der Waals surface area contributed by atoms with E-state index in [1.54, 1.807) is 32.9 Å². The lowest BCUT2D eigenvalue weighted by Crippen LogP contribution is -2.40. The van der Waals surface area contributed by atoms with Gasteiger partial charge in [-0.2, -0.15) is 0 Å². The van der Waals surface area contributed by atoms with Gasteiger partial charge in [0.2, 0.25) is 10.0 Å². The first-order chi connectivity index (χ1) is 9.01. The molecule has 0 aromatic heterocycles. The number of sulfonamides is 1. The average molecular weight is 319 g/mol. The standard InChI is InChI=1S/C14H23ClN2O2S/c1-10(2)16-9-11-6-7-12(8-13(11)15)20(18,19)17-14(3,4)5/h6-8,10,16-17H,9H2,1-5H3. The van der Waals surface area contributed by atoms with Crippen LogP contribution in [0, 0.1) is 0 Å². The molecule has 0 aliphatic carbocycles. The van der Waals surface area contributed by atoms with Gasteiger partial charge in [0.15, 0.2) is 0 Å². The Kier molecular flexibility index (Phi) is 5.61. The summed E-state index contributed by atoms with van der Waals surface area (Å²) < 4.78 is 27.0. The molecule has 20 heavy (non-hydrogen) atoms. The maximum absolute atomic E-state index is 12.2. The monoisotopic (exact) mass is 318 g/mol. The molecular formula is C14H23ClN2O2S. The van der Waals surface area contributed by atoms with Crippen molar-refractivity contribution in [3.8, 4) is 0 Å². The lowest BCUT2D eigenvalue weighted by Gasteiger charge is -2.20. The highest BCUT2D eigenvalue weighted by atomic mass is 35.5. The van der Waals surface area contributed by atoms with Gasteiger partial charge >= 0.3 is 0 Å². The van der Waals surface area contributed by atoms with Crippen molar-refractivity contribution in [1.29, 1.82) is 0 Å². The van der Waals surface area contributed by atoms with Crippen molar-refractivity contribution >= 4 is 21.6 Å². The zero-order valence-corrected chi connectivity index (χ0v) is 14.2. The number of benzene rings is 1. The van der Waals surface area contributed by atoms with Gasteiger partial charge in [0, 0.05) is 23.1 Å². The highest BCUT2D eigenvalue weighted by Crippen LogP contribution is 2.22. The van der Waals surface area contributed by atoms with Gasteiger partial charge in [-0.3, -0.25) is 0 Å². The summed E-state index contributed by atoms with van der Waals surface area (Å²) in [5.74, 6) is 0. The van der Waals surface area contributed by atoms with Gasteiger partial charge in [-0.15, -0.1) is 0 Å². The SMILES string of the molecule is CC(C)NCc1ccc(S(=O)(=O)NC(C)(C)C)cc1Cl. The van der Waals surface area contributed by atoms with Crippen LogP contribution in [0.4, 0.5) is 0 Å². The van der Waals surface area contributed by atoms with Crippen LogP contribution in [0.2, 0.25) is 5.02 Å². The van der Waals surface area contributed by atoms with Crippen molar-refractivity contribution in [3.63, 3.8) is 0 Å². The number of halogens is 1. The predicted octanol–water partition coefficient (Wildman–Crippen LogP) is 2.91. The predicted molar refractivity (Wildman–Crippen MR) is 83.5 cm³/mol. The molecule has 0 saturated heterocycles. The molecule has 0 aliphatic heterocycles. The molecule has 6 heteroatoms. The minimum atomic E-state index is -3.54. The molecule has 0 amide bonds. The molecule has 0 unspecified atom stereocenters. The Morgan fingerprint density at radius 2 is 1.85 bits per heavy atom.